The van der Waals surface area contributed by atoms with Gasteiger partial charge in [0.1, 0.15) is 11.4 Å². The van der Waals surface area contributed by atoms with Crippen molar-refractivity contribution in [2.45, 2.75) is 50.1 Å². The van der Waals surface area contributed by atoms with Crippen molar-refractivity contribution >= 4 is 32.4 Å². The highest BCUT2D eigenvalue weighted by Gasteiger charge is 2.37. The van der Waals surface area contributed by atoms with Crippen LogP contribution in [0.5, 0.6) is 5.75 Å². The Morgan fingerprint density at radius 2 is 1.88 bits per heavy atom. The van der Waals surface area contributed by atoms with Crippen LogP contribution in [0.1, 0.15) is 53.4 Å². The maximum atomic E-state index is 13.1. The van der Waals surface area contributed by atoms with E-state index in [-0.39, 0.29) is 15.4 Å². The molecular formula is C22H24N4O4S2. The van der Waals surface area contributed by atoms with Crippen molar-refractivity contribution in [3.05, 3.63) is 64.7 Å². The summed E-state index contributed by atoms with van der Waals surface area (Å²) in [5.74, 6) is 0.278. The Labute approximate surface area is 191 Å². The Morgan fingerprint density at radius 1 is 1.12 bits per heavy atom. The van der Waals surface area contributed by atoms with Gasteiger partial charge in [-0.2, -0.15) is 0 Å². The van der Waals surface area contributed by atoms with Crippen molar-refractivity contribution < 1.29 is 17.9 Å². The minimum Gasteiger partial charge on any atom is -0.487 e. The van der Waals surface area contributed by atoms with Crippen molar-refractivity contribution in [2.24, 2.45) is 0 Å². The summed E-state index contributed by atoms with van der Waals surface area (Å²) in [6.45, 7) is 7.66. The largest absolute Gasteiger partial charge is 0.487 e. The number of nitrogens with zero attached hydrogens (tertiary/aromatic N) is 2. The van der Waals surface area contributed by atoms with Crippen LogP contribution in [-0.4, -0.2) is 30.1 Å². The van der Waals surface area contributed by atoms with Gasteiger partial charge in [-0.05, 0) is 45.9 Å². The van der Waals surface area contributed by atoms with Crippen molar-refractivity contribution in [3.63, 3.8) is 0 Å². The molecule has 2 heterocycles. The van der Waals surface area contributed by atoms with Crippen LogP contribution in [0.25, 0.3) is 0 Å². The Bertz CT molecular complexity index is 1280. The van der Waals surface area contributed by atoms with E-state index in [1.165, 1.54) is 0 Å². The lowest BCUT2D eigenvalue weighted by atomic mass is 9.89. The third-order valence-corrected chi connectivity index (χ3v) is 7.73. The van der Waals surface area contributed by atoms with Crippen LogP contribution in [0.2, 0.25) is 0 Å². The van der Waals surface area contributed by atoms with Gasteiger partial charge in [0.05, 0.1) is 6.04 Å². The summed E-state index contributed by atoms with van der Waals surface area (Å²) in [5, 5.41) is 10.4. The first-order valence-corrected chi connectivity index (χ1v) is 12.4. The molecule has 0 bridgehead atoms. The van der Waals surface area contributed by atoms with E-state index in [2.05, 4.69) is 20.2 Å². The summed E-state index contributed by atoms with van der Waals surface area (Å²) in [4.78, 5) is 12.4. The number of rotatable bonds is 5. The molecule has 3 aromatic rings. The first kappa shape index (κ1) is 22.4. The van der Waals surface area contributed by atoms with E-state index >= 15 is 0 Å². The van der Waals surface area contributed by atoms with E-state index in [0.717, 1.165) is 28.0 Å². The van der Waals surface area contributed by atoms with Gasteiger partial charge in [-0.3, -0.25) is 10.1 Å². The minimum absolute atomic E-state index is 0.112. The van der Waals surface area contributed by atoms with Gasteiger partial charge in [0.25, 0.3) is 15.9 Å². The van der Waals surface area contributed by atoms with Crippen LogP contribution in [0.4, 0.5) is 5.13 Å². The number of sulfonamides is 1. The number of hydrogen-bond acceptors (Lipinski definition) is 7. The van der Waals surface area contributed by atoms with Gasteiger partial charge < -0.3 is 4.74 Å². The van der Waals surface area contributed by atoms with Gasteiger partial charge in [-0.1, -0.05) is 46.7 Å². The summed E-state index contributed by atoms with van der Waals surface area (Å²) >= 11 is 0.804. The van der Waals surface area contributed by atoms with Crippen LogP contribution < -0.4 is 14.8 Å². The molecule has 1 aliphatic rings. The summed E-state index contributed by atoms with van der Waals surface area (Å²) in [7, 11) is -3.96. The molecule has 32 heavy (non-hydrogen) atoms. The first-order valence-electron chi connectivity index (χ1n) is 10.1. The fourth-order valence-corrected chi connectivity index (χ4v) is 5.77. The maximum absolute atomic E-state index is 13.1. The Morgan fingerprint density at radius 3 is 2.62 bits per heavy atom. The van der Waals surface area contributed by atoms with Gasteiger partial charge in [0, 0.05) is 17.5 Å². The molecule has 0 saturated heterocycles. The standard InChI is InChI=1S/C22H24N4O4S2/c1-13-6-5-7-15(10-13)19(27)23-20-24-25-21(31-20)32(28,29)26-17-12-22(3,4)30-18-9-8-14(2)11-16(17)18/h5-11,17,26H,12H2,1-4H3,(H,23,24,27)/t17-/m0/s1. The molecule has 1 aliphatic heterocycles. The molecule has 0 saturated carbocycles. The molecular weight excluding hydrogens is 448 g/mol. The zero-order valence-corrected chi connectivity index (χ0v) is 19.8. The number of carbonyl (C=O) groups excluding carboxylic acids is 1. The smallest absolute Gasteiger partial charge is 0.270 e. The first-order chi connectivity index (χ1) is 15.0. The topological polar surface area (TPSA) is 110 Å². The third-order valence-electron chi connectivity index (χ3n) is 5.06. The molecule has 2 N–H and O–H groups in total. The van der Waals surface area contributed by atoms with Crippen LogP contribution in [-0.2, 0) is 10.0 Å². The SMILES string of the molecule is Cc1cccc(C(=O)Nc2nnc(S(=O)(=O)N[C@H]3CC(C)(C)Oc4ccc(C)cc43)s2)c1. The second-order valence-electron chi connectivity index (χ2n) is 8.48. The number of amides is 1. The molecule has 0 aliphatic carbocycles. The molecule has 10 heteroatoms. The van der Waals surface area contributed by atoms with Crippen molar-refractivity contribution in [1.29, 1.82) is 0 Å². The van der Waals surface area contributed by atoms with E-state index < -0.39 is 21.7 Å². The zero-order chi connectivity index (χ0) is 23.1. The van der Waals surface area contributed by atoms with E-state index in [0.29, 0.717) is 17.7 Å². The average Bonchev–Trinajstić information content (AvgIpc) is 3.17. The van der Waals surface area contributed by atoms with Gasteiger partial charge in [0.15, 0.2) is 0 Å². The maximum Gasteiger partial charge on any atom is 0.270 e. The van der Waals surface area contributed by atoms with Crippen molar-refractivity contribution in [1.82, 2.24) is 14.9 Å². The number of nitrogens with one attached hydrogen (secondary N) is 2. The van der Waals surface area contributed by atoms with Crippen LogP contribution >= 0.6 is 11.3 Å². The Balaban J connectivity index is 1.54. The monoisotopic (exact) mass is 472 g/mol. The molecule has 168 valence electrons. The van der Waals surface area contributed by atoms with Crippen LogP contribution in [0, 0.1) is 13.8 Å². The number of benzene rings is 2. The summed E-state index contributed by atoms with van der Waals surface area (Å²) in [6.07, 6.45) is 0.457. The summed E-state index contributed by atoms with van der Waals surface area (Å²) in [5.41, 5.74) is 2.65. The van der Waals surface area contributed by atoms with E-state index in [1.807, 2.05) is 52.0 Å². The lowest BCUT2D eigenvalue weighted by molar-refractivity contribution is 0.0701. The molecule has 1 amide bonds. The molecule has 1 atom stereocenters. The van der Waals surface area contributed by atoms with Gasteiger partial charge >= 0.3 is 0 Å². The van der Waals surface area contributed by atoms with E-state index in [4.69, 9.17) is 4.74 Å². The lowest BCUT2D eigenvalue weighted by Gasteiger charge is -2.37. The highest BCUT2D eigenvalue weighted by Crippen LogP contribution is 2.40. The molecule has 0 fully saturated rings. The summed E-state index contributed by atoms with van der Waals surface area (Å²) in [6, 6.07) is 12.3. The molecule has 8 nitrogen and oxygen atoms in total. The molecule has 0 radical (unpaired) electrons. The minimum atomic E-state index is -3.96. The lowest BCUT2D eigenvalue weighted by Crippen LogP contribution is -2.41. The van der Waals surface area contributed by atoms with Gasteiger partial charge in [-0.15, -0.1) is 10.2 Å². The highest BCUT2D eigenvalue weighted by atomic mass is 32.2. The van der Waals surface area contributed by atoms with Crippen LogP contribution in [0.15, 0.2) is 46.8 Å². The molecule has 0 spiro atoms. The Hall–Kier alpha value is -2.82. The molecule has 2 aromatic carbocycles. The quantitative estimate of drug-likeness (QED) is 0.544. The molecule has 4 rings (SSSR count). The van der Waals surface area contributed by atoms with Crippen molar-refractivity contribution in [2.75, 3.05) is 5.32 Å². The number of aryl methyl sites for hydroxylation is 2. The van der Waals surface area contributed by atoms with Crippen molar-refractivity contribution in [3.8, 4) is 5.75 Å². The zero-order valence-electron chi connectivity index (χ0n) is 18.2. The van der Waals surface area contributed by atoms with E-state index in [1.54, 1.807) is 18.2 Å². The number of anilines is 1. The number of hydrogen-bond donors (Lipinski definition) is 2. The average molecular weight is 473 g/mol. The number of fused-ring (bicyclic) bond motifs is 1. The van der Waals surface area contributed by atoms with Crippen LogP contribution in [0.3, 0.4) is 0 Å². The number of aromatic nitrogens is 2. The predicted octanol–water partition coefficient (Wildman–Crippen LogP) is 3.99. The predicted molar refractivity (Wildman–Crippen MR) is 123 cm³/mol. The molecule has 1 aromatic heterocycles. The normalized spacial score (nSPS) is 17.3. The van der Waals surface area contributed by atoms with Gasteiger partial charge in [-0.25, -0.2) is 13.1 Å². The van der Waals surface area contributed by atoms with E-state index in [9.17, 15) is 13.2 Å². The highest BCUT2D eigenvalue weighted by molar-refractivity contribution is 7.91. The number of ether oxygens (including phenoxy) is 1. The Kier molecular flexibility index (Phi) is 5.78. The molecule has 0 unspecified atom stereocenters. The van der Waals surface area contributed by atoms with Gasteiger partial charge in [0.2, 0.25) is 9.47 Å². The fourth-order valence-electron chi connectivity index (χ4n) is 3.64. The third kappa shape index (κ3) is 4.82. The number of carbonyl (C=O) groups is 1. The second kappa shape index (κ2) is 8.27. The summed E-state index contributed by atoms with van der Waals surface area (Å²) < 4.78 is 34.7. The fraction of sp³-hybridized carbons (Fsp3) is 0.318. The second-order valence-corrected chi connectivity index (χ2v) is 11.3.